The first kappa shape index (κ1) is 13.5. The molecule has 1 heterocycles. The molecule has 0 radical (unpaired) electrons. The van der Waals surface area contributed by atoms with Crippen LogP contribution in [-0.2, 0) is 0 Å². The van der Waals surface area contributed by atoms with Gasteiger partial charge in [-0.25, -0.2) is 0 Å². The smallest absolute Gasteiger partial charge is 0.261 e. The zero-order valence-electron chi connectivity index (χ0n) is 10.9. The molecule has 0 unspecified atom stereocenters. The third kappa shape index (κ3) is 2.58. The first-order valence-electron chi connectivity index (χ1n) is 5.86. The maximum atomic E-state index is 12.4. The van der Waals surface area contributed by atoms with Gasteiger partial charge in [0.1, 0.15) is 0 Å². The number of hydrogen-bond acceptors (Lipinski definition) is 5. The van der Waals surface area contributed by atoms with Gasteiger partial charge in [-0.1, -0.05) is 6.07 Å². The Morgan fingerprint density at radius 2 is 2.25 bits per heavy atom. The molecule has 0 aliphatic heterocycles. The molecule has 0 bridgehead atoms. The van der Waals surface area contributed by atoms with Gasteiger partial charge >= 0.3 is 0 Å². The Morgan fingerprint density at radius 1 is 1.45 bits per heavy atom. The van der Waals surface area contributed by atoms with Crippen LogP contribution in [0.4, 0.5) is 11.4 Å². The lowest BCUT2D eigenvalue weighted by atomic mass is 10.1. The number of carbonyl (C=O) groups is 1. The fraction of sp³-hybridized carbons (Fsp3) is 0.0714. The van der Waals surface area contributed by atoms with Crippen molar-refractivity contribution in [2.45, 2.75) is 0 Å². The summed E-state index contributed by atoms with van der Waals surface area (Å²) < 4.78 is 0. The van der Waals surface area contributed by atoms with Crippen LogP contribution in [0.1, 0.15) is 15.9 Å². The van der Waals surface area contributed by atoms with Crippen molar-refractivity contribution in [2.75, 3.05) is 17.4 Å². The number of pyridine rings is 1. The predicted molar refractivity (Wildman–Crippen MR) is 75.9 cm³/mol. The van der Waals surface area contributed by atoms with Crippen LogP contribution in [0.3, 0.4) is 0 Å². The van der Waals surface area contributed by atoms with Gasteiger partial charge in [-0.05, 0) is 24.3 Å². The normalized spacial score (nSPS) is 9.65. The van der Waals surface area contributed by atoms with E-state index in [0.717, 1.165) is 0 Å². The molecule has 0 saturated heterocycles. The SMILES string of the molecule is CN(C(=O)c1cnccc1NN)c1cccc(C#N)c1. The lowest BCUT2D eigenvalue weighted by Crippen LogP contribution is -2.27. The summed E-state index contributed by atoms with van der Waals surface area (Å²) >= 11 is 0. The highest BCUT2D eigenvalue weighted by molar-refractivity contribution is 6.09. The van der Waals surface area contributed by atoms with Gasteiger partial charge < -0.3 is 10.3 Å². The molecule has 3 N–H and O–H groups in total. The van der Waals surface area contributed by atoms with Crippen LogP contribution >= 0.6 is 0 Å². The molecule has 2 aromatic rings. The van der Waals surface area contributed by atoms with Crippen LogP contribution in [0.15, 0.2) is 42.7 Å². The number of nitrogens with zero attached hydrogens (tertiary/aromatic N) is 3. The first-order chi connectivity index (χ1) is 9.67. The molecule has 100 valence electrons. The Morgan fingerprint density at radius 3 is 2.95 bits per heavy atom. The van der Waals surface area contributed by atoms with Crippen molar-refractivity contribution in [1.82, 2.24) is 4.98 Å². The number of hydrogen-bond donors (Lipinski definition) is 2. The molecule has 1 amide bonds. The predicted octanol–water partition coefficient (Wildman–Crippen LogP) is 1.52. The molecule has 0 aliphatic carbocycles. The number of nitrogens with two attached hydrogens (primary N) is 1. The van der Waals surface area contributed by atoms with Crippen LogP contribution in [0, 0.1) is 11.3 Å². The van der Waals surface area contributed by atoms with Gasteiger partial charge in [0, 0.05) is 25.1 Å². The van der Waals surface area contributed by atoms with Gasteiger partial charge in [0.25, 0.3) is 5.91 Å². The second-order valence-electron chi connectivity index (χ2n) is 4.09. The lowest BCUT2D eigenvalue weighted by molar-refractivity contribution is 0.0993. The number of amides is 1. The van der Waals surface area contributed by atoms with Crippen molar-refractivity contribution in [3.8, 4) is 6.07 Å². The maximum Gasteiger partial charge on any atom is 0.261 e. The number of nitriles is 1. The van der Waals surface area contributed by atoms with Crippen LogP contribution in [-0.4, -0.2) is 17.9 Å². The molecule has 20 heavy (non-hydrogen) atoms. The molecule has 6 nitrogen and oxygen atoms in total. The monoisotopic (exact) mass is 267 g/mol. The van der Waals surface area contributed by atoms with Crippen molar-refractivity contribution in [2.24, 2.45) is 5.84 Å². The van der Waals surface area contributed by atoms with Crippen molar-refractivity contribution in [3.63, 3.8) is 0 Å². The number of benzene rings is 1. The average molecular weight is 267 g/mol. The summed E-state index contributed by atoms with van der Waals surface area (Å²) in [5.74, 6) is 5.12. The number of carbonyl (C=O) groups excluding carboxylic acids is 1. The summed E-state index contributed by atoms with van der Waals surface area (Å²) in [4.78, 5) is 17.8. The topological polar surface area (TPSA) is 95.0 Å². The second kappa shape index (κ2) is 5.82. The van der Waals surface area contributed by atoms with Crippen molar-refractivity contribution >= 4 is 17.3 Å². The van der Waals surface area contributed by atoms with Crippen LogP contribution in [0.25, 0.3) is 0 Å². The van der Waals surface area contributed by atoms with Crippen LogP contribution in [0.5, 0.6) is 0 Å². The molecule has 2 rings (SSSR count). The molecule has 1 aromatic heterocycles. The van der Waals surface area contributed by atoms with Gasteiger partial charge in [0.05, 0.1) is 22.9 Å². The highest BCUT2D eigenvalue weighted by atomic mass is 16.2. The van der Waals surface area contributed by atoms with E-state index >= 15 is 0 Å². The Balaban J connectivity index is 2.35. The van der Waals surface area contributed by atoms with Gasteiger partial charge in [-0.3, -0.25) is 15.6 Å². The van der Waals surface area contributed by atoms with Gasteiger partial charge in [0.15, 0.2) is 0 Å². The number of rotatable bonds is 3. The second-order valence-corrected chi connectivity index (χ2v) is 4.09. The number of aromatic nitrogens is 1. The van der Waals surface area contributed by atoms with Gasteiger partial charge in [-0.15, -0.1) is 0 Å². The number of hydrazine groups is 1. The fourth-order valence-electron chi connectivity index (χ4n) is 1.77. The van der Waals surface area contributed by atoms with E-state index in [1.807, 2.05) is 6.07 Å². The largest absolute Gasteiger partial charge is 0.323 e. The Labute approximate surface area is 116 Å². The molecule has 0 aliphatic rings. The number of anilines is 2. The van der Waals surface area contributed by atoms with E-state index in [1.165, 1.54) is 11.1 Å². The minimum atomic E-state index is -0.263. The van der Waals surface area contributed by atoms with E-state index in [1.54, 1.807) is 43.6 Å². The lowest BCUT2D eigenvalue weighted by Gasteiger charge is -2.18. The molecule has 0 spiro atoms. The van der Waals surface area contributed by atoms with E-state index in [9.17, 15) is 4.79 Å². The quantitative estimate of drug-likeness (QED) is 0.649. The highest BCUT2D eigenvalue weighted by Gasteiger charge is 2.17. The zero-order chi connectivity index (χ0) is 14.5. The minimum Gasteiger partial charge on any atom is -0.323 e. The molecule has 0 fully saturated rings. The van der Waals surface area contributed by atoms with E-state index < -0.39 is 0 Å². The third-order valence-electron chi connectivity index (χ3n) is 2.87. The summed E-state index contributed by atoms with van der Waals surface area (Å²) in [5, 5.41) is 8.89. The van der Waals surface area contributed by atoms with Crippen molar-refractivity contribution < 1.29 is 4.79 Å². The fourth-order valence-corrected chi connectivity index (χ4v) is 1.77. The molecule has 1 aromatic carbocycles. The van der Waals surface area contributed by atoms with Gasteiger partial charge in [0.2, 0.25) is 0 Å². The van der Waals surface area contributed by atoms with E-state index in [-0.39, 0.29) is 5.91 Å². The summed E-state index contributed by atoms with van der Waals surface area (Å²) in [6, 6.07) is 10.5. The maximum absolute atomic E-state index is 12.4. The molecule has 6 heteroatoms. The molecular formula is C14H13N5O. The van der Waals surface area contributed by atoms with Crippen LogP contribution < -0.4 is 16.2 Å². The van der Waals surface area contributed by atoms with Crippen molar-refractivity contribution in [3.05, 3.63) is 53.9 Å². The summed E-state index contributed by atoms with van der Waals surface area (Å²) in [6.45, 7) is 0. The first-order valence-corrected chi connectivity index (χ1v) is 5.86. The third-order valence-corrected chi connectivity index (χ3v) is 2.87. The number of nitrogen functional groups attached to an aromatic ring is 1. The Hall–Kier alpha value is -2.91. The standard InChI is InChI=1S/C14H13N5O/c1-19(11-4-2-3-10(7-11)8-15)14(20)12-9-17-6-5-13(12)18-16/h2-7,9H,16H2,1H3,(H,17,18). The van der Waals surface area contributed by atoms with Crippen LogP contribution in [0.2, 0.25) is 0 Å². The van der Waals surface area contributed by atoms with E-state index in [2.05, 4.69) is 10.4 Å². The van der Waals surface area contributed by atoms with Crippen molar-refractivity contribution in [1.29, 1.82) is 5.26 Å². The van der Waals surface area contributed by atoms with E-state index in [4.69, 9.17) is 11.1 Å². The Bertz CT molecular complexity index is 677. The summed E-state index contributed by atoms with van der Waals surface area (Å²) in [6.07, 6.45) is 2.99. The number of nitrogens with one attached hydrogen (secondary N) is 1. The average Bonchev–Trinajstić information content (AvgIpc) is 2.53. The molecule has 0 atom stereocenters. The summed E-state index contributed by atoms with van der Waals surface area (Å²) in [7, 11) is 1.63. The van der Waals surface area contributed by atoms with E-state index in [0.29, 0.717) is 22.5 Å². The highest BCUT2D eigenvalue weighted by Crippen LogP contribution is 2.20. The zero-order valence-corrected chi connectivity index (χ0v) is 10.9. The molecule has 0 saturated carbocycles. The van der Waals surface area contributed by atoms with Gasteiger partial charge in [-0.2, -0.15) is 5.26 Å². The molecular weight excluding hydrogens is 254 g/mol. The summed E-state index contributed by atoms with van der Waals surface area (Å²) in [5.41, 5.74) is 4.44. The minimum absolute atomic E-state index is 0.263. The Kier molecular flexibility index (Phi) is 3.93.